The molecule has 0 spiro atoms. The maximum Gasteiger partial charge on any atom is 0.216 e. The van der Waals surface area contributed by atoms with E-state index in [1.165, 1.54) is 0 Å². The first-order valence-electron chi connectivity index (χ1n) is 6.92. The number of hydrogen-bond acceptors (Lipinski definition) is 4. The van der Waals surface area contributed by atoms with E-state index in [2.05, 4.69) is 10.3 Å². The minimum atomic E-state index is -3.02. The number of nitrogens with one attached hydrogen (secondary N) is 1. The molecule has 1 aliphatic carbocycles. The van der Waals surface area contributed by atoms with Gasteiger partial charge in [0.2, 0.25) is 10.0 Å². The van der Waals surface area contributed by atoms with Gasteiger partial charge in [0.1, 0.15) is 0 Å². The molecule has 2 fully saturated rings. The molecule has 5 nitrogen and oxygen atoms in total. The first-order valence-corrected chi connectivity index (χ1v) is 8.80. The molecule has 1 aromatic rings. The van der Waals surface area contributed by atoms with Crippen molar-refractivity contribution < 1.29 is 8.42 Å². The highest BCUT2D eigenvalue weighted by molar-refractivity contribution is 7.90. The molecule has 0 bridgehead atoms. The molecule has 0 aromatic carbocycles. The molecule has 20 heavy (non-hydrogen) atoms. The van der Waals surface area contributed by atoms with Crippen LogP contribution in [0.4, 0.5) is 5.69 Å². The van der Waals surface area contributed by atoms with Crippen LogP contribution in [0.3, 0.4) is 0 Å². The Morgan fingerprint density at radius 2 is 1.95 bits per heavy atom. The Balaban J connectivity index is 1.58. The summed E-state index contributed by atoms with van der Waals surface area (Å²) in [5, 5.41) is 3.86. The van der Waals surface area contributed by atoms with Gasteiger partial charge >= 0.3 is 0 Å². The van der Waals surface area contributed by atoms with Gasteiger partial charge in [0, 0.05) is 31.5 Å². The van der Waals surface area contributed by atoms with Crippen LogP contribution in [-0.2, 0) is 10.0 Å². The second kappa shape index (κ2) is 5.50. The lowest BCUT2D eigenvalue weighted by Crippen LogP contribution is -2.43. The lowest BCUT2D eigenvalue weighted by molar-refractivity contribution is 0.329. The molecule has 1 aromatic heterocycles. The molecule has 1 saturated heterocycles. The Kier molecular flexibility index (Phi) is 3.88. The molecule has 0 atom stereocenters. The monoisotopic (exact) mass is 315 g/mol. The van der Waals surface area contributed by atoms with Crippen molar-refractivity contribution in [2.45, 2.75) is 37.0 Å². The maximum absolute atomic E-state index is 12.1. The third-order valence-corrected chi connectivity index (χ3v) is 6.59. The lowest BCUT2D eigenvalue weighted by atomic mass is 10.1. The van der Waals surface area contributed by atoms with Crippen molar-refractivity contribution in [3.8, 4) is 0 Å². The number of aromatic nitrogens is 1. The first kappa shape index (κ1) is 14.1. The van der Waals surface area contributed by atoms with Crippen LogP contribution in [0, 0.1) is 0 Å². The molecule has 110 valence electrons. The number of rotatable bonds is 4. The summed E-state index contributed by atoms with van der Waals surface area (Å²) in [5.41, 5.74) is 0.866. The van der Waals surface area contributed by atoms with Gasteiger partial charge in [-0.05, 0) is 31.7 Å². The van der Waals surface area contributed by atoms with E-state index in [0.717, 1.165) is 31.4 Å². The van der Waals surface area contributed by atoms with Crippen LogP contribution >= 0.6 is 11.6 Å². The second-order valence-electron chi connectivity index (χ2n) is 5.42. The summed E-state index contributed by atoms with van der Waals surface area (Å²) in [4.78, 5) is 3.95. The van der Waals surface area contributed by atoms with E-state index in [-0.39, 0.29) is 11.3 Å². The lowest BCUT2D eigenvalue weighted by Gasteiger charge is -2.32. The molecule has 1 aliphatic heterocycles. The zero-order valence-electron chi connectivity index (χ0n) is 11.1. The highest BCUT2D eigenvalue weighted by Crippen LogP contribution is 2.32. The van der Waals surface area contributed by atoms with E-state index in [9.17, 15) is 8.42 Å². The third-order valence-electron chi connectivity index (χ3n) is 3.89. The average molecular weight is 316 g/mol. The third kappa shape index (κ3) is 2.92. The van der Waals surface area contributed by atoms with Crippen molar-refractivity contribution in [2.24, 2.45) is 0 Å². The molecular weight excluding hydrogens is 298 g/mol. The fraction of sp³-hybridized carbons (Fsp3) is 0.615. The van der Waals surface area contributed by atoms with Crippen molar-refractivity contribution in [1.29, 1.82) is 0 Å². The van der Waals surface area contributed by atoms with E-state index >= 15 is 0 Å². The van der Waals surface area contributed by atoms with Crippen LogP contribution in [0.2, 0.25) is 5.02 Å². The number of nitrogens with zero attached hydrogens (tertiary/aromatic N) is 2. The van der Waals surface area contributed by atoms with Crippen LogP contribution in [0.1, 0.15) is 25.7 Å². The molecule has 2 aliphatic rings. The van der Waals surface area contributed by atoms with Gasteiger partial charge in [0.05, 0.1) is 16.0 Å². The summed E-state index contributed by atoms with van der Waals surface area (Å²) in [6.07, 6.45) is 6.58. The summed E-state index contributed by atoms with van der Waals surface area (Å²) < 4.78 is 25.9. The Morgan fingerprint density at radius 3 is 2.55 bits per heavy atom. The van der Waals surface area contributed by atoms with Crippen molar-refractivity contribution in [1.82, 2.24) is 9.29 Å². The standard InChI is InChI=1S/C13H18ClN3O2S/c14-12-9-15-6-3-13(12)16-10-4-7-17(8-5-10)20(18,19)11-1-2-11/h3,6,9-11H,1-2,4-5,7-8H2,(H,15,16). The molecule has 0 amide bonds. The highest BCUT2D eigenvalue weighted by atomic mass is 35.5. The number of halogens is 1. The summed E-state index contributed by atoms with van der Waals surface area (Å²) in [6, 6.07) is 2.11. The topological polar surface area (TPSA) is 62.3 Å². The van der Waals surface area contributed by atoms with Crippen LogP contribution in [-0.4, -0.2) is 42.1 Å². The Hall–Kier alpha value is -0.850. The number of piperidine rings is 1. The van der Waals surface area contributed by atoms with Crippen molar-refractivity contribution in [3.63, 3.8) is 0 Å². The van der Waals surface area contributed by atoms with E-state index in [4.69, 9.17) is 11.6 Å². The zero-order chi connectivity index (χ0) is 14.2. The summed E-state index contributed by atoms with van der Waals surface area (Å²) >= 11 is 6.06. The van der Waals surface area contributed by atoms with Gasteiger partial charge in [-0.15, -0.1) is 0 Å². The smallest absolute Gasteiger partial charge is 0.216 e. The second-order valence-corrected chi connectivity index (χ2v) is 8.04. The van der Waals surface area contributed by atoms with E-state index in [1.807, 2.05) is 6.07 Å². The van der Waals surface area contributed by atoms with Gasteiger partial charge in [-0.25, -0.2) is 12.7 Å². The highest BCUT2D eigenvalue weighted by Gasteiger charge is 2.41. The summed E-state index contributed by atoms with van der Waals surface area (Å²) in [5.74, 6) is 0. The fourth-order valence-corrected chi connectivity index (χ4v) is 4.59. The predicted octanol–water partition coefficient (Wildman–Crippen LogP) is 2.10. The zero-order valence-corrected chi connectivity index (χ0v) is 12.7. The normalized spacial score (nSPS) is 21.9. The Morgan fingerprint density at radius 1 is 1.25 bits per heavy atom. The summed E-state index contributed by atoms with van der Waals surface area (Å²) in [7, 11) is -3.02. The van der Waals surface area contributed by atoms with Gasteiger partial charge in [-0.1, -0.05) is 11.6 Å². The van der Waals surface area contributed by atoms with Gasteiger partial charge in [0.25, 0.3) is 0 Å². The molecule has 3 rings (SSSR count). The number of pyridine rings is 1. The molecule has 7 heteroatoms. The maximum atomic E-state index is 12.1. The fourth-order valence-electron chi connectivity index (χ4n) is 2.54. The predicted molar refractivity (Wildman–Crippen MR) is 79.4 cm³/mol. The first-order chi connectivity index (χ1) is 9.57. The minimum Gasteiger partial charge on any atom is -0.381 e. The van der Waals surface area contributed by atoms with Crippen molar-refractivity contribution >= 4 is 27.3 Å². The van der Waals surface area contributed by atoms with Crippen molar-refractivity contribution in [3.05, 3.63) is 23.5 Å². The quantitative estimate of drug-likeness (QED) is 0.924. The van der Waals surface area contributed by atoms with E-state index < -0.39 is 10.0 Å². The largest absolute Gasteiger partial charge is 0.381 e. The van der Waals surface area contributed by atoms with E-state index in [0.29, 0.717) is 18.1 Å². The van der Waals surface area contributed by atoms with Gasteiger partial charge in [-0.2, -0.15) is 0 Å². The van der Waals surface area contributed by atoms with Gasteiger partial charge in [0.15, 0.2) is 0 Å². The summed E-state index contributed by atoms with van der Waals surface area (Å²) in [6.45, 7) is 1.19. The van der Waals surface area contributed by atoms with E-state index in [1.54, 1.807) is 16.7 Å². The number of sulfonamides is 1. The van der Waals surface area contributed by atoms with Crippen molar-refractivity contribution in [2.75, 3.05) is 18.4 Å². The molecule has 0 radical (unpaired) electrons. The van der Waals surface area contributed by atoms with Gasteiger partial charge < -0.3 is 5.32 Å². The Bertz CT molecular complexity index is 581. The molecule has 2 heterocycles. The SMILES string of the molecule is O=S(=O)(C1CC1)N1CCC(Nc2ccncc2Cl)CC1. The number of hydrogen-bond donors (Lipinski definition) is 1. The van der Waals surface area contributed by atoms with Crippen LogP contribution in [0.25, 0.3) is 0 Å². The molecular formula is C13H18ClN3O2S. The number of anilines is 1. The van der Waals surface area contributed by atoms with Crippen LogP contribution in [0.15, 0.2) is 18.5 Å². The van der Waals surface area contributed by atoms with Crippen LogP contribution < -0.4 is 5.32 Å². The van der Waals surface area contributed by atoms with Crippen LogP contribution in [0.5, 0.6) is 0 Å². The minimum absolute atomic E-state index is 0.110. The molecule has 1 saturated carbocycles. The Labute approximate surface area is 124 Å². The molecule has 0 unspecified atom stereocenters. The van der Waals surface area contributed by atoms with Gasteiger partial charge in [-0.3, -0.25) is 4.98 Å². The molecule has 1 N–H and O–H groups in total. The average Bonchev–Trinajstić information content (AvgIpc) is 3.27.